The van der Waals surface area contributed by atoms with Gasteiger partial charge in [-0.05, 0) is 44.2 Å². The largest absolute Gasteiger partial charge is 0.494 e. The molecule has 2 aromatic heterocycles. The van der Waals surface area contributed by atoms with Crippen LogP contribution in [0.15, 0.2) is 48.5 Å². The summed E-state index contributed by atoms with van der Waals surface area (Å²) in [5.74, 6) is 0.588. The third-order valence-electron chi connectivity index (χ3n) is 4.20. The van der Waals surface area contributed by atoms with Gasteiger partial charge in [-0.1, -0.05) is 29.8 Å². The fourth-order valence-electron chi connectivity index (χ4n) is 2.91. The Morgan fingerprint density at radius 3 is 2.61 bits per heavy atom. The first-order valence-electron chi connectivity index (χ1n) is 8.76. The molecule has 1 amide bonds. The van der Waals surface area contributed by atoms with E-state index in [1.165, 1.54) is 22.7 Å². The summed E-state index contributed by atoms with van der Waals surface area (Å²) in [4.78, 5) is 18.9. The van der Waals surface area contributed by atoms with E-state index in [0.717, 1.165) is 32.0 Å². The van der Waals surface area contributed by atoms with Crippen LogP contribution in [0, 0.1) is 6.92 Å². The predicted octanol–water partition coefficient (Wildman–Crippen LogP) is 6.64. The number of amides is 1. The summed E-state index contributed by atoms with van der Waals surface area (Å²) in [7, 11) is 0. The molecule has 4 nitrogen and oxygen atoms in total. The van der Waals surface area contributed by atoms with E-state index in [2.05, 4.69) is 10.3 Å². The Balaban J connectivity index is 1.58. The van der Waals surface area contributed by atoms with Crippen molar-refractivity contribution in [1.29, 1.82) is 0 Å². The van der Waals surface area contributed by atoms with Crippen LogP contribution in [0.2, 0.25) is 5.02 Å². The lowest BCUT2D eigenvalue weighted by Crippen LogP contribution is -2.10. The molecule has 0 saturated heterocycles. The molecule has 28 heavy (non-hydrogen) atoms. The van der Waals surface area contributed by atoms with Crippen molar-refractivity contribution in [2.45, 2.75) is 13.8 Å². The summed E-state index contributed by atoms with van der Waals surface area (Å²) in [6.07, 6.45) is 0. The first-order chi connectivity index (χ1) is 13.6. The minimum Gasteiger partial charge on any atom is -0.494 e. The number of aromatic nitrogens is 1. The molecule has 0 unspecified atom stereocenters. The van der Waals surface area contributed by atoms with Crippen molar-refractivity contribution in [1.82, 2.24) is 4.98 Å². The minimum atomic E-state index is -0.238. The Hall–Kier alpha value is -2.41. The van der Waals surface area contributed by atoms with Gasteiger partial charge in [-0.2, -0.15) is 0 Å². The number of ether oxygens (including phenoxy) is 1. The molecule has 1 N–H and O–H groups in total. The molecule has 0 bridgehead atoms. The maximum absolute atomic E-state index is 12.7. The van der Waals surface area contributed by atoms with E-state index in [4.69, 9.17) is 16.3 Å². The van der Waals surface area contributed by atoms with E-state index in [-0.39, 0.29) is 5.91 Å². The summed E-state index contributed by atoms with van der Waals surface area (Å²) in [5.41, 5.74) is 1.84. The number of carbonyl (C=O) groups excluding carboxylic acids is 1. The van der Waals surface area contributed by atoms with Crippen LogP contribution in [0.5, 0.6) is 5.75 Å². The Bertz CT molecular complexity index is 1150. The van der Waals surface area contributed by atoms with Crippen LogP contribution >= 0.6 is 34.3 Å². The highest BCUT2D eigenvalue weighted by atomic mass is 35.5. The highest BCUT2D eigenvalue weighted by Crippen LogP contribution is 2.36. The topological polar surface area (TPSA) is 51.2 Å². The smallest absolute Gasteiger partial charge is 0.269 e. The molecular formula is C21H17ClN2O2S2. The first kappa shape index (κ1) is 18.9. The maximum Gasteiger partial charge on any atom is 0.269 e. The molecule has 0 radical (unpaired) electrons. The van der Waals surface area contributed by atoms with E-state index in [1.807, 2.05) is 62.4 Å². The molecule has 0 atom stereocenters. The molecular weight excluding hydrogens is 412 g/mol. The summed E-state index contributed by atoms with van der Waals surface area (Å²) >= 11 is 9.24. The predicted molar refractivity (Wildman–Crippen MR) is 118 cm³/mol. The van der Waals surface area contributed by atoms with Gasteiger partial charge >= 0.3 is 0 Å². The van der Waals surface area contributed by atoms with Crippen molar-refractivity contribution in [2.75, 3.05) is 11.9 Å². The van der Waals surface area contributed by atoms with Crippen molar-refractivity contribution in [2.24, 2.45) is 0 Å². The molecule has 0 saturated carbocycles. The van der Waals surface area contributed by atoms with Crippen molar-refractivity contribution in [3.63, 3.8) is 0 Å². The fourth-order valence-corrected chi connectivity index (χ4v) is 5.15. The van der Waals surface area contributed by atoms with Crippen LogP contribution in [0.4, 0.5) is 5.13 Å². The summed E-state index contributed by atoms with van der Waals surface area (Å²) in [6.45, 7) is 4.58. The van der Waals surface area contributed by atoms with Crippen LogP contribution < -0.4 is 10.1 Å². The number of hydrogen-bond donors (Lipinski definition) is 1. The van der Waals surface area contributed by atoms with Crippen LogP contribution in [-0.4, -0.2) is 17.5 Å². The lowest BCUT2D eigenvalue weighted by molar-refractivity contribution is 0.103. The van der Waals surface area contributed by atoms with Gasteiger partial charge in [-0.3, -0.25) is 10.1 Å². The van der Waals surface area contributed by atoms with Gasteiger partial charge in [0, 0.05) is 20.5 Å². The van der Waals surface area contributed by atoms with Gasteiger partial charge in [0.05, 0.1) is 17.3 Å². The maximum atomic E-state index is 12.7. The lowest BCUT2D eigenvalue weighted by Gasteiger charge is -2.04. The lowest BCUT2D eigenvalue weighted by atomic mass is 10.1. The molecule has 0 aliphatic carbocycles. The van der Waals surface area contributed by atoms with Crippen LogP contribution in [0.1, 0.15) is 21.5 Å². The average molecular weight is 429 g/mol. The Kier molecular flexibility index (Phi) is 5.35. The van der Waals surface area contributed by atoms with Gasteiger partial charge in [0.2, 0.25) is 0 Å². The zero-order chi connectivity index (χ0) is 19.7. The number of benzene rings is 2. The number of rotatable bonds is 5. The monoisotopic (exact) mass is 428 g/mol. The number of nitrogens with zero attached hydrogens (tertiary/aromatic N) is 1. The van der Waals surface area contributed by atoms with Crippen LogP contribution in [-0.2, 0) is 0 Å². The second-order valence-electron chi connectivity index (χ2n) is 6.08. The van der Waals surface area contributed by atoms with E-state index >= 15 is 0 Å². The van der Waals surface area contributed by atoms with Crippen molar-refractivity contribution < 1.29 is 9.53 Å². The number of nitrogens with one attached hydrogen (secondary N) is 1. The molecule has 142 valence electrons. The Labute approximate surface area is 175 Å². The van der Waals surface area contributed by atoms with Gasteiger partial charge < -0.3 is 4.74 Å². The number of halogens is 1. The standard InChI is InChI=1S/C21H17ClN2O2S2/c1-3-26-14-10-8-13(9-11-14)18-12(2)27-21(23-18)24-20(25)19-17(22)15-6-4-5-7-16(15)28-19/h4-11H,3H2,1-2H3,(H,23,24,25). The normalized spacial score (nSPS) is 11.0. The van der Waals surface area contributed by atoms with E-state index in [1.54, 1.807) is 0 Å². The average Bonchev–Trinajstić information content (AvgIpc) is 3.23. The van der Waals surface area contributed by atoms with Crippen LogP contribution in [0.3, 0.4) is 0 Å². The van der Waals surface area contributed by atoms with Crippen LogP contribution in [0.25, 0.3) is 21.3 Å². The molecule has 0 fully saturated rings. The third kappa shape index (κ3) is 3.63. The molecule has 2 aromatic carbocycles. The second-order valence-corrected chi connectivity index (χ2v) is 8.71. The quantitative estimate of drug-likeness (QED) is 0.387. The molecule has 2 heterocycles. The minimum absolute atomic E-state index is 0.238. The Morgan fingerprint density at radius 1 is 1.14 bits per heavy atom. The van der Waals surface area contributed by atoms with Gasteiger partial charge in [0.1, 0.15) is 10.6 Å². The first-order valence-corrected chi connectivity index (χ1v) is 10.8. The SMILES string of the molecule is CCOc1ccc(-c2nc(NC(=O)c3sc4ccccc4c3Cl)sc2C)cc1. The van der Waals surface area contributed by atoms with E-state index in [9.17, 15) is 4.79 Å². The van der Waals surface area contributed by atoms with Crippen molar-refractivity contribution >= 4 is 55.4 Å². The summed E-state index contributed by atoms with van der Waals surface area (Å²) < 4.78 is 6.47. The third-order valence-corrected chi connectivity index (χ3v) is 6.76. The molecule has 4 rings (SSSR count). The number of hydrogen-bond acceptors (Lipinski definition) is 5. The number of thiazole rings is 1. The number of anilines is 1. The molecule has 0 spiro atoms. The molecule has 0 aliphatic heterocycles. The highest BCUT2D eigenvalue weighted by molar-refractivity contribution is 7.22. The molecule has 0 aliphatic rings. The van der Waals surface area contributed by atoms with Gasteiger partial charge in [0.15, 0.2) is 5.13 Å². The van der Waals surface area contributed by atoms with E-state index in [0.29, 0.717) is 21.6 Å². The van der Waals surface area contributed by atoms with E-state index < -0.39 is 0 Å². The van der Waals surface area contributed by atoms with Crippen molar-refractivity contribution in [3.8, 4) is 17.0 Å². The van der Waals surface area contributed by atoms with Gasteiger partial charge in [-0.25, -0.2) is 4.98 Å². The summed E-state index contributed by atoms with van der Waals surface area (Å²) in [6, 6.07) is 15.5. The number of thiophene rings is 1. The second kappa shape index (κ2) is 7.91. The fraction of sp³-hybridized carbons (Fsp3) is 0.143. The van der Waals surface area contributed by atoms with Gasteiger partial charge in [-0.15, -0.1) is 22.7 Å². The van der Waals surface area contributed by atoms with Crippen molar-refractivity contribution in [3.05, 3.63) is 63.3 Å². The molecule has 7 heteroatoms. The molecule has 4 aromatic rings. The number of fused-ring (bicyclic) bond motifs is 1. The van der Waals surface area contributed by atoms with Gasteiger partial charge in [0.25, 0.3) is 5.91 Å². The zero-order valence-corrected chi connectivity index (χ0v) is 17.7. The highest BCUT2D eigenvalue weighted by Gasteiger charge is 2.19. The summed E-state index contributed by atoms with van der Waals surface area (Å²) in [5, 5.41) is 4.83. The Morgan fingerprint density at radius 2 is 1.89 bits per heavy atom. The number of carbonyl (C=O) groups is 1. The number of aryl methyl sites for hydroxylation is 1. The zero-order valence-electron chi connectivity index (χ0n) is 15.3.